The molecule has 0 bridgehead atoms. The molecule has 0 saturated carbocycles. The molecule has 0 amide bonds. The molecule has 6 heteroatoms. The van der Waals surface area contributed by atoms with Gasteiger partial charge in [0, 0.05) is 12.0 Å². The molecule has 1 heterocycles. The summed E-state index contributed by atoms with van der Waals surface area (Å²) in [6, 6.07) is 2.94. The fourth-order valence-electron chi connectivity index (χ4n) is 2.43. The van der Waals surface area contributed by atoms with Crippen LogP contribution in [-0.2, 0) is 28.0 Å². The smallest absolute Gasteiger partial charge is 0.421 e. The van der Waals surface area contributed by atoms with Crippen molar-refractivity contribution in [2.45, 2.75) is 31.5 Å². The minimum absolute atomic E-state index is 0.000802. The number of hydrogen-bond acceptors (Lipinski definition) is 3. The average Bonchev–Trinajstić information content (AvgIpc) is 2.38. The first-order chi connectivity index (χ1) is 9.33. The molecule has 1 aromatic carbocycles. The molecule has 1 aliphatic heterocycles. The van der Waals surface area contributed by atoms with Gasteiger partial charge in [0.05, 0.1) is 13.7 Å². The Balaban J connectivity index is 2.61. The molecule has 20 heavy (non-hydrogen) atoms. The molecular weight excluding hydrogens is 273 g/mol. The largest absolute Gasteiger partial charge is 0.496 e. The Bertz CT molecular complexity index is 525. The Morgan fingerprint density at radius 2 is 2.15 bits per heavy atom. The first kappa shape index (κ1) is 14.8. The van der Waals surface area contributed by atoms with E-state index in [1.54, 1.807) is 6.07 Å². The monoisotopic (exact) mass is 288 g/mol. The number of benzene rings is 1. The van der Waals surface area contributed by atoms with Crippen LogP contribution in [0.1, 0.15) is 23.6 Å². The number of carbonyl (C=O) groups is 1. The molecule has 0 fully saturated rings. The van der Waals surface area contributed by atoms with Gasteiger partial charge in [-0.05, 0) is 36.6 Å². The summed E-state index contributed by atoms with van der Waals surface area (Å²) in [5, 5.41) is 0. The third-order valence-corrected chi connectivity index (χ3v) is 3.63. The highest BCUT2D eigenvalue weighted by molar-refractivity contribution is 5.59. The summed E-state index contributed by atoms with van der Waals surface area (Å²) in [5.74, 6) is 0.433. The molecular formula is C14H15F3O3. The van der Waals surface area contributed by atoms with Gasteiger partial charge in [0.2, 0.25) is 0 Å². The SMILES string of the molecule is COc1cc2c(cc1CC=O)C(C)(C(F)(F)F)OCC2. The van der Waals surface area contributed by atoms with Crippen molar-refractivity contribution in [2.75, 3.05) is 13.7 Å². The number of aldehydes is 1. The van der Waals surface area contributed by atoms with Crippen molar-refractivity contribution in [3.8, 4) is 5.75 Å². The van der Waals surface area contributed by atoms with E-state index in [0.29, 0.717) is 29.6 Å². The van der Waals surface area contributed by atoms with Crippen LogP contribution in [0.5, 0.6) is 5.75 Å². The van der Waals surface area contributed by atoms with Crippen LogP contribution in [0.4, 0.5) is 13.2 Å². The van der Waals surface area contributed by atoms with Crippen molar-refractivity contribution in [3.05, 3.63) is 28.8 Å². The summed E-state index contributed by atoms with van der Waals surface area (Å²) in [4.78, 5) is 10.7. The lowest BCUT2D eigenvalue weighted by molar-refractivity contribution is -0.281. The molecule has 1 atom stereocenters. The highest BCUT2D eigenvalue weighted by atomic mass is 19.4. The van der Waals surface area contributed by atoms with Gasteiger partial charge >= 0.3 is 6.18 Å². The zero-order chi connectivity index (χ0) is 15.0. The molecule has 0 aromatic heterocycles. The van der Waals surface area contributed by atoms with Crippen LogP contribution in [-0.4, -0.2) is 26.2 Å². The van der Waals surface area contributed by atoms with E-state index < -0.39 is 11.8 Å². The second-order valence-corrected chi connectivity index (χ2v) is 4.82. The van der Waals surface area contributed by atoms with Gasteiger partial charge < -0.3 is 14.3 Å². The molecule has 0 N–H and O–H groups in total. The van der Waals surface area contributed by atoms with E-state index in [4.69, 9.17) is 9.47 Å². The summed E-state index contributed by atoms with van der Waals surface area (Å²) >= 11 is 0. The molecule has 0 aliphatic carbocycles. The number of rotatable bonds is 3. The number of methoxy groups -OCH3 is 1. The summed E-state index contributed by atoms with van der Waals surface area (Å²) in [5.41, 5.74) is -1.30. The fraction of sp³-hybridized carbons (Fsp3) is 0.500. The Kier molecular flexibility index (Phi) is 3.77. The number of carbonyl (C=O) groups excluding carboxylic acids is 1. The molecule has 0 spiro atoms. The Morgan fingerprint density at radius 1 is 1.45 bits per heavy atom. The molecule has 1 unspecified atom stereocenters. The van der Waals surface area contributed by atoms with Crippen molar-refractivity contribution in [1.82, 2.24) is 0 Å². The first-order valence-corrected chi connectivity index (χ1v) is 6.18. The maximum atomic E-state index is 13.3. The Morgan fingerprint density at radius 3 is 2.70 bits per heavy atom. The van der Waals surface area contributed by atoms with Crippen molar-refractivity contribution in [2.24, 2.45) is 0 Å². The van der Waals surface area contributed by atoms with Crippen molar-refractivity contribution in [1.29, 1.82) is 0 Å². The van der Waals surface area contributed by atoms with E-state index in [1.165, 1.54) is 13.2 Å². The number of hydrogen-bond donors (Lipinski definition) is 0. The van der Waals surface area contributed by atoms with Gasteiger partial charge in [-0.25, -0.2) is 0 Å². The predicted molar refractivity (Wildman–Crippen MR) is 65.8 cm³/mol. The average molecular weight is 288 g/mol. The van der Waals surface area contributed by atoms with E-state index in [9.17, 15) is 18.0 Å². The van der Waals surface area contributed by atoms with Gasteiger partial charge in [-0.3, -0.25) is 0 Å². The van der Waals surface area contributed by atoms with Crippen LogP contribution < -0.4 is 4.74 Å². The number of ether oxygens (including phenoxy) is 2. The van der Waals surface area contributed by atoms with Crippen LogP contribution in [0.2, 0.25) is 0 Å². The Labute approximate surface area is 114 Å². The van der Waals surface area contributed by atoms with E-state index in [-0.39, 0.29) is 18.6 Å². The summed E-state index contributed by atoms with van der Waals surface area (Å²) in [7, 11) is 1.43. The number of alkyl halides is 3. The topological polar surface area (TPSA) is 35.5 Å². The second-order valence-electron chi connectivity index (χ2n) is 4.82. The summed E-state index contributed by atoms with van der Waals surface area (Å²) in [6.07, 6.45) is -3.49. The first-order valence-electron chi connectivity index (χ1n) is 6.18. The maximum absolute atomic E-state index is 13.3. The minimum Gasteiger partial charge on any atom is -0.496 e. The van der Waals surface area contributed by atoms with Gasteiger partial charge in [-0.15, -0.1) is 0 Å². The standard InChI is InChI=1S/C14H15F3O3/c1-13(14(15,16)17)11-7-10(3-5-18)12(19-2)8-9(11)4-6-20-13/h5,7-8H,3-4,6H2,1-2H3. The molecule has 0 radical (unpaired) electrons. The highest BCUT2D eigenvalue weighted by Crippen LogP contribution is 2.46. The van der Waals surface area contributed by atoms with E-state index in [2.05, 4.69) is 0 Å². The van der Waals surface area contributed by atoms with Gasteiger partial charge in [-0.2, -0.15) is 13.2 Å². The molecule has 0 saturated heterocycles. The van der Waals surface area contributed by atoms with E-state index in [0.717, 1.165) is 6.92 Å². The minimum atomic E-state index is -4.52. The van der Waals surface area contributed by atoms with Gasteiger partial charge in [0.15, 0.2) is 5.60 Å². The number of halogens is 3. The summed E-state index contributed by atoms with van der Waals surface area (Å²) in [6.45, 7) is 1.02. The third kappa shape index (κ3) is 2.28. The van der Waals surface area contributed by atoms with Crippen molar-refractivity contribution in [3.63, 3.8) is 0 Å². The van der Waals surface area contributed by atoms with Crippen LogP contribution in [0.15, 0.2) is 12.1 Å². The van der Waals surface area contributed by atoms with Gasteiger partial charge in [-0.1, -0.05) is 0 Å². The van der Waals surface area contributed by atoms with Crippen LogP contribution >= 0.6 is 0 Å². The lowest BCUT2D eigenvalue weighted by atomic mass is 9.85. The lowest BCUT2D eigenvalue weighted by Crippen LogP contribution is -2.45. The summed E-state index contributed by atoms with van der Waals surface area (Å²) < 4.78 is 50.0. The molecule has 1 aromatic rings. The predicted octanol–water partition coefficient (Wildman–Crippen LogP) is 2.79. The molecule has 2 rings (SSSR count). The van der Waals surface area contributed by atoms with Gasteiger partial charge in [0.1, 0.15) is 12.0 Å². The normalized spacial score (nSPS) is 22.2. The number of fused-ring (bicyclic) bond motifs is 1. The van der Waals surface area contributed by atoms with E-state index in [1.807, 2.05) is 0 Å². The molecule has 3 nitrogen and oxygen atoms in total. The third-order valence-electron chi connectivity index (χ3n) is 3.63. The lowest BCUT2D eigenvalue weighted by Gasteiger charge is -2.38. The van der Waals surface area contributed by atoms with Crippen molar-refractivity contribution < 1.29 is 27.4 Å². The van der Waals surface area contributed by atoms with Crippen molar-refractivity contribution >= 4 is 6.29 Å². The zero-order valence-corrected chi connectivity index (χ0v) is 11.2. The zero-order valence-electron chi connectivity index (χ0n) is 11.2. The Hall–Kier alpha value is -1.56. The molecule has 110 valence electrons. The van der Waals surface area contributed by atoms with Crippen LogP contribution in [0, 0.1) is 0 Å². The maximum Gasteiger partial charge on any atom is 0.421 e. The molecule has 1 aliphatic rings. The van der Waals surface area contributed by atoms with Gasteiger partial charge in [0.25, 0.3) is 0 Å². The quantitative estimate of drug-likeness (QED) is 0.802. The van der Waals surface area contributed by atoms with Crippen LogP contribution in [0.3, 0.4) is 0 Å². The second kappa shape index (κ2) is 5.09. The highest BCUT2D eigenvalue weighted by Gasteiger charge is 2.55. The fourth-order valence-corrected chi connectivity index (χ4v) is 2.43. The van der Waals surface area contributed by atoms with Crippen LogP contribution in [0.25, 0.3) is 0 Å². The van der Waals surface area contributed by atoms with E-state index >= 15 is 0 Å².